The summed E-state index contributed by atoms with van der Waals surface area (Å²) in [5.74, 6) is 4.11. The minimum Gasteiger partial charge on any atom is -0.508 e. The van der Waals surface area contributed by atoms with Gasteiger partial charge in [0.05, 0.1) is 21.3 Å². The van der Waals surface area contributed by atoms with Crippen molar-refractivity contribution in [2.45, 2.75) is 13.2 Å². The van der Waals surface area contributed by atoms with Gasteiger partial charge in [-0.2, -0.15) is 9.97 Å². The highest BCUT2D eigenvalue weighted by atomic mass is 16.5. The first-order valence-electron chi connectivity index (χ1n) is 15.2. The van der Waals surface area contributed by atoms with Crippen molar-refractivity contribution in [1.29, 1.82) is 0 Å². The Morgan fingerprint density at radius 3 is 1.61 bits per heavy atom. The fourth-order valence-corrected chi connectivity index (χ4v) is 4.41. The van der Waals surface area contributed by atoms with Gasteiger partial charge in [-0.15, -0.1) is 0 Å². The average Bonchev–Trinajstić information content (AvgIpc) is 3.15. The van der Waals surface area contributed by atoms with Crippen molar-refractivity contribution < 1.29 is 33.5 Å². The standard InChI is InChI=1S/C25H24N4O5.C13H12O2/c1-30-21-13-18(14-22(31-2)23(21)32-3)28-24-26-16-27-25(29-24)34-20-11-9-19(10-12-20)33-15-17-7-5-4-6-8-17;14-12-6-8-13(9-7-12)15-10-11-4-2-1-3-5-11/h4-14,16H,15H2,1-3H3,(H,26,27,28,29);1-9,14H,10H2. The summed E-state index contributed by atoms with van der Waals surface area (Å²) in [5, 5.41) is 12.2. The monoisotopic (exact) mass is 660 g/mol. The van der Waals surface area contributed by atoms with Crippen LogP contribution in [-0.2, 0) is 13.2 Å². The van der Waals surface area contributed by atoms with Gasteiger partial charge < -0.3 is 38.8 Å². The van der Waals surface area contributed by atoms with Gasteiger partial charge >= 0.3 is 6.01 Å². The summed E-state index contributed by atoms with van der Waals surface area (Å²) < 4.78 is 33.2. The molecule has 1 aromatic heterocycles. The molecule has 0 bridgehead atoms. The predicted octanol–water partition coefficient (Wildman–Crippen LogP) is 7.98. The smallest absolute Gasteiger partial charge is 0.326 e. The molecule has 11 nitrogen and oxygen atoms in total. The number of phenols is 1. The molecule has 0 aliphatic carbocycles. The molecule has 0 spiro atoms. The Bertz CT molecular complexity index is 1850. The Morgan fingerprint density at radius 2 is 1.10 bits per heavy atom. The van der Waals surface area contributed by atoms with E-state index in [9.17, 15) is 0 Å². The summed E-state index contributed by atoms with van der Waals surface area (Å²) in [6.07, 6.45) is 1.36. The summed E-state index contributed by atoms with van der Waals surface area (Å²) in [6.45, 7) is 1.04. The molecule has 0 amide bonds. The number of phenolic OH excluding ortho intramolecular Hbond substituents is 1. The van der Waals surface area contributed by atoms with Gasteiger partial charge in [0.25, 0.3) is 0 Å². The Labute approximate surface area is 284 Å². The lowest BCUT2D eigenvalue weighted by Gasteiger charge is -2.14. The minimum absolute atomic E-state index is 0.142. The SMILES string of the molecule is COc1cc(Nc2ncnc(Oc3ccc(OCc4ccccc4)cc3)n2)cc(OC)c1OC.Oc1ccc(OCc2ccccc2)cc1. The number of rotatable bonds is 13. The third kappa shape index (κ3) is 10.2. The third-order valence-electron chi connectivity index (χ3n) is 6.84. The second-order valence-electron chi connectivity index (χ2n) is 10.2. The van der Waals surface area contributed by atoms with Crippen LogP contribution in [0.2, 0.25) is 0 Å². The normalized spacial score (nSPS) is 10.2. The number of aromatic hydroxyl groups is 1. The number of hydrogen-bond donors (Lipinski definition) is 2. The number of ether oxygens (including phenoxy) is 6. The molecule has 0 atom stereocenters. The molecule has 2 N–H and O–H groups in total. The van der Waals surface area contributed by atoms with Crippen molar-refractivity contribution in [2.75, 3.05) is 26.6 Å². The van der Waals surface area contributed by atoms with Gasteiger partial charge in [0.15, 0.2) is 11.5 Å². The molecule has 0 fully saturated rings. The molecule has 0 saturated carbocycles. The molecule has 0 aliphatic heterocycles. The van der Waals surface area contributed by atoms with E-state index in [1.54, 1.807) is 69.9 Å². The van der Waals surface area contributed by atoms with Gasteiger partial charge in [-0.1, -0.05) is 60.7 Å². The van der Waals surface area contributed by atoms with E-state index < -0.39 is 0 Å². The van der Waals surface area contributed by atoms with Crippen LogP contribution in [0.4, 0.5) is 11.6 Å². The summed E-state index contributed by atoms with van der Waals surface area (Å²) >= 11 is 0. The van der Waals surface area contributed by atoms with Gasteiger partial charge in [-0.3, -0.25) is 0 Å². The van der Waals surface area contributed by atoms with Crippen molar-refractivity contribution >= 4 is 11.6 Å². The number of benzene rings is 5. The molecule has 0 saturated heterocycles. The molecule has 11 heteroatoms. The van der Waals surface area contributed by atoms with Crippen molar-refractivity contribution in [3.63, 3.8) is 0 Å². The quantitative estimate of drug-likeness (QED) is 0.125. The molecule has 6 rings (SSSR count). The topological polar surface area (TPSA) is 126 Å². The van der Waals surface area contributed by atoms with Crippen LogP contribution in [-0.4, -0.2) is 41.4 Å². The molecule has 6 aromatic rings. The first-order chi connectivity index (χ1) is 24.0. The molecule has 1 heterocycles. The number of nitrogens with one attached hydrogen (secondary N) is 1. The van der Waals surface area contributed by atoms with Crippen LogP contribution in [0.5, 0.6) is 46.3 Å². The number of nitrogens with zero attached hydrogens (tertiary/aromatic N) is 3. The van der Waals surface area contributed by atoms with Crippen LogP contribution in [0.25, 0.3) is 0 Å². The van der Waals surface area contributed by atoms with Crippen molar-refractivity contribution in [1.82, 2.24) is 15.0 Å². The first-order valence-corrected chi connectivity index (χ1v) is 15.2. The molecule has 0 aliphatic rings. The van der Waals surface area contributed by atoms with Crippen molar-refractivity contribution in [3.8, 4) is 46.3 Å². The van der Waals surface area contributed by atoms with E-state index in [2.05, 4.69) is 20.3 Å². The highest BCUT2D eigenvalue weighted by molar-refractivity contribution is 5.65. The molecular formula is C38H36N4O7. The van der Waals surface area contributed by atoms with Gasteiger partial charge in [0.2, 0.25) is 11.7 Å². The van der Waals surface area contributed by atoms with Crippen LogP contribution in [0.3, 0.4) is 0 Å². The van der Waals surface area contributed by atoms with E-state index in [4.69, 9.17) is 33.5 Å². The lowest BCUT2D eigenvalue weighted by Crippen LogP contribution is -2.02. The summed E-state index contributed by atoms with van der Waals surface area (Å²) in [4.78, 5) is 12.6. The average molecular weight is 661 g/mol. The largest absolute Gasteiger partial charge is 0.508 e. The lowest BCUT2D eigenvalue weighted by molar-refractivity contribution is 0.305. The third-order valence-corrected chi connectivity index (χ3v) is 6.84. The zero-order chi connectivity index (χ0) is 34.3. The fourth-order valence-electron chi connectivity index (χ4n) is 4.41. The van der Waals surface area contributed by atoms with Gasteiger partial charge in [0.1, 0.15) is 42.5 Å². The Balaban J connectivity index is 0.000000259. The number of hydrogen-bond acceptors (Lipinski definition) is 11. The van der Waals surface area contributed by atoms with Gasteiger partial charge in [-0.05, 0) is 59.7 Å². The number of aromatic nitrogens is 3. The van der Waals surface area contributed by atoms with E-state index in [-0.39, 0.29) is 11.8 Å². The van der Waals surface area contributed by atoms with E-state index >= 15 is 0 Å². The number of anilines is 2. The van der Waals surface area contributed by atoms with Crippen LogP contribution >= 0.6 is 0 Å². The Morgan fingerprint density at radius 1 is 0.592 bits per heavy atom. The maximum absolute atomic E-state index is 9.09. The van der Waals surface area contributed by atoms with E-state index in [1.165, 1.54) is 6.33 Å². The second-order valence-corrected chi connectivity index (χ2v) is 10.2. The van der Waals surface area contributed by atoms with Crippen LogP contribution in [0.1, 0.15) is 11.1 Å². The fraction of sp³-hybridized carbons (Fsp3) is 0.132. The summed E-state index contributed by atoms with van der Waals surface area (Å²) in [6, 6.07) is 37.5. The van der Waals surface area contributed by atoms with Crippen molar-refractivity contribution in [2.24, 2.45) is 0 Å². The zero-order valence-electron chi connectivity index (χ0n) is 27.3. The second kappa shape index (κ2) is 17.4. The van der Waals surface area contributed by atoms with E-state index in [0.717, 1.165) is 22.6 Å². The van der Waals surface area contributed by atoms with Gasteiger partial charge in [0, 0.05) is 17.8 Å². The predicted molar refractivity (Wildman–Crippen MR) is 185 cm³/mol. The minimum atomic E-state index is 0.142. The summed E-state index contributed by atoms with van der Waals surface area (Å²) in [5.41, 5.74) is 2.87. The van der Waals surface area contributed by atoms with Crippen LogP contribution in [0, 0.1) is 0 Å². The molecule has 250 valence electrons. The Hall–Kier alpha value is -6.49. The highest BCUT2D eigenvalue weighted by Gasteiger charge is 2.14. The first kappa shape index (κ1) is 33.9. The molecular weight excluding hydrogens is 624 g/mol. The van der Waals surface area contributed by atoms with E-state index in [1.807, 2.05) is 72.8 Å². The van der Waals surface area contributed by atoms with Crippen molar-refractivity contribution in [3.05, 3.63) is 139 Å². The maximum Gasteiger partial charge on any atom is 0.326 e. The van der Waals surface area contributed by atoms with Crippen LogP contribution < -0.4 is 33.7 Å². The summed E-state index contributed by atoms with van der Waals surface area (Å²) in [7, 11) is 4.65. The Kier molecular flexibility index (Phi) is 12.0. The van der Waals surface area contributed by atoms with Crippen LogP contribution in [0.15, 0.2) is 128 Å². The molecule has 0 radical (unpaired) electrons. The molecule has 0 unspecified atom stereocenters. The molecule has 49 heavy (non-hydrogen) atoms. The lowest BCUT2D eigenvalue weighted by atomic mass is 10.2. The van der Waals surface area contributed by atoms with E-state index in [0.29, 0.717) is 47.8 Å². The number of methoxy groups -OCH3 is 3. The zero-order valence-corrected chi connectivity index (χ0v) is 27.3. The highest BCUT2D eigenvalue weighted by Crippen LogP contribution is 2.40. The van der Waals surface area contributed by atoms with Gasteiger partial charge in [-0.25, -0.2) is 4.98 Å². The molecule has 5 aromatic carbocycles. The maximum atomic E-state index is 9.09.